The summed E-state index contributed by atoms with van der Waals surface area (Å²) in [6.07, 6.45) is 8.65. The van der Waals surface area contributed by atoms with Gasteiger partial charge in [0.05, 0.1) is 11.4 Å². The van der Waals surface area contributed by atoms with Crippen molar-refractivity contribution < 1.29 is 0 Å². The Kier molecular flexibility index (Phi) is 2.79. The first-order chi connectivity index (χ1) is 7.29. The van der Waals surface area contributed by atoms with Gasteiger partial charge in [-0.2, -0.15) is 0 Å². The molecule has 2 aromatic heterocycles. The highest BCUT2D eigenvalue weighted by Gasteiger charge is 1.99. The number of halogens is 1. The van der Waals surface area contributed by atoms with Gasteiger partial charge in [0.15, 0.2) is 0 Å². The molecule has 0 unspecified atom stereocenters. The standard InChI is InChI=1S/C12H7BrN2/c1-2-9-3-5-11(14-7-9)12-6-4-10(13)8-15-12/h1,3-8H. The SMILES string of the molecule is C#Cc1ccc(-c2ccc(Br)cn2)nc1. The molecule has 2 heterocycles. The molecule has 2 aromatic rings. The van der Waals surface area contributed by atoms with E-state index >= 15 is 0 Å². The van der Waals surface area contributed by atoms with Gasteiger partial charge in [0.1, 0.15) is 0 Å². The topological polar surface area (TPSA) is 25.8 Å². The highest BCUT2D eigenvalue weighted by atomic mass is 79.9. The molecule has 0 N–H and O–H groups in total. The maximum absolute atomic E-state index is 5.25. The minimum absolute atomic E-state index is 0.774. The van der Waals surface area contributed by atoms with E-state index in [0.29, 0.717) is 0 Å². The van der Waals surface area contributed by atoms with E-state index in [1.54, 1.807) is 12.4 Å². The smallest absolute Gasteiger partial charge is 0.0887 e. The Labute approximate surface area is 96.5 Å². The summed E-state index contributed by atoms with van der Waals surface area (Å²) < 4.78 is 0.950. The van der Waals surface area contributed by atoms with Gasteiger partial charge in [-0.15, -0.1) is 6.42 Å². The maximum Gasteiger partial charge on any atom is 0.0887 e. The van der Waals surface area contributed by atoms with Crippen molar-refractivity contribution in [2.45, 2.75) is 0 Å². The number of terminal acetylenes is 1. The van der Waals surface area contributed by atoms with E-state index in [1.807, 2.05) is 24.3 Å². The van der Waals surface area contributed by atoms with Crippen LogP contribution in [0.5, 0.6) is 0 Å². The molecular formula is C12H7BrN2. The second kappa shape index (κ2) is 4.24. The molecule has 0 aromatic carbocycles. The van der Waals surface area contributed by atoms with E-state index in [1.165, 1.54) is 0 Å². The average molecular weight is 259 g/mol. The summed E-state index contributed by atoms with van der Waals surface area (Å²) in [5, 5.41) is 0. The zero-order valence-electron chi connectivity index (χ0n) is 7.81. The van der Waals surface area contributed by atoms with Gasteiger partial charge in [-0.3, -0.25) is 9.97 Å². The van der Waals surface area contributed by atoms with Crippen molar-refractivity contribution in [3.63, 3.8) is 0 Å². The molecule has 72 valence electrons. The van der Waals surface area contributed by atoms with E-state index in [0.717, 1.165) is 21.4 Å². The van der Waals surface area contributed by atoms with E-state index in [9.17, 15) is 0 Å². The average Bonchev–Trinajstić information content (AvgIpc) is 2.30. The molecule has 15 heavy (non-hydrogen) atoms. The van der Waals surface area contributed by atoms with Gasteiger partial charge in [-0.25, -0.2) is 0 Å². The van der Waals surface area contributed by atoms with Gasteiger partial charge in [0.25, 0.3) is 0 Å². The van der Waals surface area contributed by atoms with Gasteiger partial charge >= 0.3 is 0 Å². The fraction of sp³-hybridized carbons (Fsp3) is 0. The van der Waals surface area contributed by atoms with Gasteiger partial charge in [0.2, 0.25) is 0 Å². The van der Waals surface area contributed by atoms with Crippen molar-refractivity contribution in [3.8, 4) is 23.7 Å². The second-order valence-electron chi connectivity index (χ2n) is 2.94. The van der Waals surface area contributed by atoms with Crippen LogP contribution in [-0.4, -0.2) is 9.97 Å². The summed E-state index contributed by atoms with van der Waals surface area (Å²) in [6, 6.07) is 7.55. The lowest BCUT2D eigenvalue weighted by atomic mass is 10.2. The first-order valence-corrected chi connectivity index (χ1v) is 5.13. The normalized spacial score (nSPS) is 9.60. The molecular weight excluding hydrogens is 252 g/mol. The Morgan fingerprint density at radius 2 is 1.67 bits per heavy atom. The molecule has 0 radical (unpaired) electrons. The minimum Gasteiger partial charge on any atom is -0.253 e. The number of hydrogen-bond acceptors (Lipinski definition) is 2. The molecule has 2 nitrogen and oxygen atoms in total. The highest BCUT2D eigenvalue weighted by molar-refractivity contribution is 9.10. The number of pyridine rings is 2. The number of hydrogen-bond donors (Lipinski definition) is 0. The van der Waals surface area contributed by atoms with Crippen molar-refractivity contribution in [2.75, 3.05) is 0 Å². The Morgan fingerprint density at radius 3 is 2.13 bits per heavy atom. The van der Waals surface area contributed by atoms with E-state index < -0.39 is 0 Å². The molecule has 2 rings (SSSR count). The van der Waals surface area contributed by atoms with Crippen LogP contribution in [0.25, 0.3) is 11.4 Å². The van der Waals surface area contributed by atoms with Crippen LogP contribution in [-0.2, 0) is 0 Å². The fourth-order valence-electron chi connectivity index (χ4n) is 1.16. The third kappa shape index (κ3) is 2.23. The van der Waals surface area contributed by atoms with Crippen molar-refractivity contribution in [2.24, 2.45) is 0 Å². The van der Waals surface area contributed by atoms with E-state index in [-0.39, 0.29) is 0 Å². The lowest BCUT2D eigenvalue weighted by Gasteiger charge is -1.99. The first-order valence-electron chi connectivity index (χ1n) is 4.34. The van der Waals surface area contributed by atoms with Crippen molar-refractivity contribution in [1.82, 2.24) is 9.97 Å². The van der Waals surface area contributed by atoms with E-state index in [2.05, 4.69) is 31.8 Å². The van der Waals surface area contributed by atoms with Crippen molar-refractivity contribution >= 4 is 15.9 Å². The molecule has 0 fully saturated rings. The summed E-state index contributed by atoms with van der Waals surface area (Å²) in [7, 11) is 0. The maximum atomic E-state index is 5.25. The number of aromatic nitrogens is 2. The zero-order valence-corrected chi connectivity index (χ0v) is 9.40. The summed E-state index contributed by atoms with van der Waals surface area (Å²) >= 11 is 3.33. The Balaban J connectivity index is 2.38. The Hall–Kier alpha value is -1.66. The number of nitrogens with zero attached hydrogens (tertiary/aromatic N) is 2. The molecule has 0 aliphatic heterocycles. The van der Waals surface area contributed by atoms with Crippen LogP contribution >= 0.6 is 15.9 Å². The van der Waals surface area contributed by atoms with Crippen molar-refractivity contribution in [1.29, 1.82) is 0 Å². The molecule has 0 aliphatic carbocycles. The van der Waals surface area contributed by atoms with Crippen LogP contribution in [0.4, 0.5) is 0 Å². The second-order valence-corrected chi connectivity index (χ2v) is 3.85. The predicted molar refractivity (Wildman–Crippen MR) is 63.1 cm³/mol. The molecule has 0 saturated carbocycles. The largest absolute Gasteiger partial charge is 0.253 e. The van der Waals surface area contributed by atoms with Gasteiger partial charge in [0, 0.05) is 22.4 Å². The van der Waals surface area contributed by atoms with Crippen LogP contribution in [0.15, 0.2) is 41.1 Å². The molecule has 0 saturated heterocycles. The first kappa shape index (κ1) is 9.88. The lowest BCUT2D eigenvalue weighted by molar-refractivity contribution is 1.23. The van der Waals surface area contributed by atoms with Gasteiger partial charge in [-0.1, -0.05) is 5.92 Å². The van der Waals surface area contributed by atoms with Gasteiger partial charge in [-0.05, 0) is 40.2 Å². The summed E-state index contributed by atoms with van der Waals surface area (Å²) in [5.74, 6) is 2.52. The van der Waals surface area contributed by atoms with Crippen molar-refractivity contribution in [3.05, 3.63) is 46.7 Å². The fourth-order valence-corrected chi connectivity index (χ4v) is 1.39. The minimum atomic E-state index is 0.774. The van der Waals surface area contributed by atoms with Crippen LogP contribution in [0.3, 0.4) is 0 Å². The summed E-state index contributed by atoms with van der Waals surface area (Å²) in [4.78, 5) is 8.47. The predicted octanol–water partition coefficient (Wildman–Crippen LogP) is 2.89. The molecule has 0 atom stereocenters. The molecule has 3 heteroatoms. The summed E-state index contributed by atoms with van der Waals surface area (Å²) in [5.41, 5.74) is 2.43. The lowest BCUT2D eigenvalue weighted by Crippen LogP contribution is -1.87. The van der Waals surface area contributed by atoms with Crippen LogP contribution in [0, 0.1) is 12.3 Å². The van der Waals surface area contributed by atoms with Crippen LogP contribution in [0.2, 0.25) is 0 Å². The quantitative estimate of drug-likeness (QED) is 0.736. The Bertz CT molecular complexity index is 495. The molecule has 0 spiro atoms. The third-order valence-electron chi connectivity index (χ3n) is 1.92. The molecule has 0 amide bonds. The highest BCUT2D eigenvalue weighted by Crippen LogP contribution is 2.16. The molecule has 0 aliphatic rings. The summed E-state index contributed by atoms with van der Waals surface area (Å²) in [6.45, 7) is 0. The van der Waals surface area contributed by atoms with Crippen LogP contribution < -0.4 is 0 Å². The zero-order chi connectivity index (χ0) is 10.7. The molecule has 0 bridgehead atoms. The van der Waals surface area contributed by atoms with Gasteiger partial charge < -0.3 is 0 Å². The third-order valence-corrected chi connectivity index (χ3v) is 2.39. The Morgan fingerprint density at radius 1 is 1.00 bits per heavy atom. The van der Waals surface area contributed by atoms with E-state index in [4.69, 9.17) is 6.42 Å². The van der Waals surface area contributed by atoms with Crippen LogP contribution in [0.1, 0.15) is 5.56 Å². The monoisotopic (exact) mass is 258 g/mol. The number of rotatable bonds is 1.